The van der Waals surface area contributed by atoms with Gasteiger partial charge >= 0.3 is 0 Å². The first-order chi connectivity index (χ1) is 26.1. The number of halogens is 1. The molecule has 0 amide bonds. The largest absolute Gasteiger partial charge is 0.399 e. The highest BCUT2D eigenvalue weighted by Gasteiger charge is 2.26. The number of nitrogens with zero attached hydrogens (tertiary/aromatic N) is 3. The molecule has 4 rings (SSSR count). The number of nitro benzene ring substituents is 3. The van der Waals surface area contributed by atoms with Crippen LogP contribution in [0.2, 0.25) is 0 Å². The lowest BCUT2D eigenvalue weighted by molar-refractivity contribution is -0.385. The maximum atomic E-state index is 12.2. The van der Waals surface area contributed by atoms with Crippen molar-refractivity contribution in [1.29, 1.82) is 0 Å². The van der Waals surface area contributed by atoms with Crippen LogP contribution in [0.4, 0.5) is 22.7 Å². The third kappa shape index (κ3) is 18.5. The molecule has 0 aromatic heterocycles. The number of anilines is 1. The van der Waals surface area contributed by atoms with E-state index in [1.54, 1.807) is 38.1 Å². The van der Waals surface area contributed by atoms with E-state index in [0.29, 0.717) is 21.7 Å². The molecule has 0 bridgehead atoms. The van der Waals surface area contributed by atoms with Gasteiger partial charge in [-0.1, -0.05) is 53.7 Å². The predicted molar refractivity (Wildman–Crippen MR) is 225 cm³/mol. The van der Waals surface area contributed by atoms with E-state index < -0.39 is 48.9 Å². The highest BCUT2D eigenvalue weighted by Crippen LogP contribution is 2.27. The fraction of sp³-hybridized carbons (Fsp3) is 0.368. The second-order valence-corrected chi connectivity index (χ2v) is 22.3. The summed E-state index contributed by atoms with van der Waals surface area (Å²) in [5.41, 5.74) is 7.99. The second kappa shape index (κ2) is 20.1. The number of nitrogens with two attached hydrogens (primary N) is 1. The number of nitrogen functional groups attached to an aromatic ring is 1. The summed E-state index contributed by atoms with van der Waals surface area (Å²) in [7, 11) is -5.60. The van der Waals surface area contributed by atoms with Crippen molar-refractivity contribution >= 4 is 62.2 Å². The van der Waals surface area contributed by atoms with Crippen molar-refractivity contribution in [2.24, 2.45) is 10.8 Å². The fourth-order valence-electron chi connectivity index (χ4n) is 4.99. The molecule has 0 radical (unpaired) electrons. The Morgan fingerprint density at radius 2 is 0.862 bits per heavy atom. The molecule has 0 fully saturated rings. The van der Waals surface area contributed by atoms with E-state index in [0.717, 1.165) is 23.3 Å². The zero-order chi connectivity index (χ0) is 45.2. The minimum absolute atomic E-state index is 0.0177. The molecule has 0 saturated heterocycles. The van der Waals surface area contributed by atoms with Crippen LogP contribution in [-0.4, -0.2) is 51.5 Å². The molecule has 0 atom stereocenters. The van der Waals surface area contributed by atoms with Crippen molar-refractivity contribution in [3.05, 3.63) is 131 Å². The molecule has 0 unspecified atom stereocenters. The van der Waals surface area contributed by atoms with Gasteiger partial charge in [-0.05, 0) is 91.1 Å². The van der Waals surface area contributed by atoms with Gasteiger partial charge in [-0.15, -0.1) is 0 Å². The Labute approximate surface area is 344 Å². The Bertz CT molecular complexity index is 2460. The number of sulfone groups is 2. The van der Waals surface area contributed by atoms with Crippen molar-refractivity contribution in [3.8, 4) is 0 Å². The van der Waals surface area contributed by atoms with Crippen molar-refractivity contribution in [2.45, 2.75) is 83.9 Å². The summed E-state index contributed by atoms with van der Waals surface area (Å²) in [6.45, 7) is 18.0. The number of hydrogen-bond acceptors (Lipinski definition) is 13. The first-order valence-corrected chi connectivity index (χ1v) is 22.7. The zero-order valence-electron chi connectivity index (χ0n) is 33.8. The van der Waals surface area contributed by atoms with Gasteiger partial charge in [-0.2, -0.15) is 0 Å². The van der Waals surface area contributed by atoms with Crippen molar-refractivity contribution in [1.82, 2.24) is 0 Å². The minimum atomic E-state index is -3.91. The fourth-order valence-corrected chi connectivity index (χ4v) is 9.81. The van der Waals surface area contributed by atoms with Crippen LogP contribution in [0, 0.1) is 68.9 Å². The van der Waals surface area contributed by atoms with Crippen molar-refractivity contribution < 1.29 is 40.0 Å². The van der Waals surface area contributed by atoms with Crippen LogP contribution in [0.15, 0.2) is 93.5 Å². The van der Waals surface area contributed by atoms with E-state index in [1.165, 1.54) is 36.4 Å². The van der Waals surface area contributed by atoms with Crippen LogP contribution in [0.1, 0.15) is 63.8 Å². The molecule has 0 aliphatic rings. The Morgan fingerprint density at radius 1 is 0.517 bits per heavy atom. The molecule has 58 heavy (non-hydrogen) atoms. The molecule has 0 spiro atoms. The number of non-ortho nitro benzene ring substituents is 3. The standard InChI is InChI=1S/C12H17NO4S.C12H19NO2S.C7H6ClNO4S.C7H7NO2/c1-9-5-10(13(14)15)7-11(6-9)18(16,17)8-12(2,3)4;1-9-5-10(13)7-11(6-9)16(14,15)8-12(2,3)4;1-5-2-6(9(10)11)4-7(3-5)14(8,12)13;1-6-3-2-4-7(5-6)8(9)10/h5-7H,8H2,1-4H3;5-7H,8,13H2,1-4H3;2-4H,1H3;2-5H,1H3. The van der Waals surface area contributed by atoms with E-state index >= 15 is 0 Å². The average molecular weight is 885 g/mol. The first kappa shape index (κ1) is 51.0. The van der Waals surface area contributed by atoms with Gasteiger partial charge in [0.15, 0.2) is 19.7 Å². The van der Waals surface area contributed by atoms with Crippen LogP contribution in [0.3, 0.4) is 0 Å². The zero-order valence-corrected chi connectivity index (χ0v) is 37.0. The maximum Gasteiger partial charge on any atom is 0.271 e. The molecule has 0 heterocycles. The SMILES string of the molecule is Cc1cc(N)cc(S(=O)(=O)CC(C)(C)C)c1.Cc1cc([N+](=O)[O-])cc(S(=O)(=O)CC(C)(C)C)c1.Cc1cc([N+](=O)[O-])cc(S(=O)(=O)Cl)c1.Cc1cccc([N+](=O)[O-])c1. The van der Waals surface area contributed by atoms with Gasteiger partial charge in [-0.25, -0.2) is 25.3 Å². The minimum Gasteiger partial charge on any atom is -0.399 e. The molecule has 20 heteroatoms. The van der Waals surface area contributed by atoms with Gasteiger partial charge < -0.3 is 5.73 Å². The first-order valence-electron chi connectivity index (χ1n) is 17.1. The summed E-state index contributed by atoms with van der Waals surface area (Å²) >= 11 is 0. The van der Waals surface area contributed by atoms with E-state index in [1.807, 2.05) is 61.5 Å². The average Bonchev–Trinajstić information content (AvgIpc) is 3.02. The molecule has 0 saturated carbocycles. The summed E-state index contributed by atoms with van der Waals surface area (Å²) in [4.78, 5) is 29.7. The summed E-state index contributed by atoms with van der Waals surface area (Å²) in [6.07, 6.45) is 0. The van der Waals surface area contributed by atoms with Gasteiger partial charge in [-0.3, -0.25) is 30.3 Å². The van der Waals surface area contributed by atoms with Crippen LogP contribution >= 0.6 is 10.7 Å². The number of hydrogen-bond donors (Lipinski definition) is 1. The van der Waals surface area contributed by atoms with Crippen molar-refractivity contribution in [2.75, 3.05) is 17.2 Å². The van der Waals surface area contributed by atoms with Crippen LogP contribution < -0.4 is 5.73 Å². The third-order valence-electron chi connectivity index (χ3n) is 7.02. The lowest BCUT2D eigenvalue weighted by Crippen LogP contribution is -2.21. The maximum absolute atomic E-state index is 12.2. The smallest absolute Gasteiger partial charge is 0.271 e. The van der Waals surface area contributed by atoms with Crippen LogP contribution in [0.25, 0.3) is 0 Å². The molecular formula is C38H49ClN4O12S3. The molecule has 16 nitrogen and oxygen atoms in total. The monoisotopic (exact) mass is 884 g/mol. The van der Waals surface area contributed by atoms with Gasteiger partial charge in [0.05, 0.1) is 41.0 Å². The topological polar surface area (TPSA) is 258 Å². The Hall–Kier alpha value is -4.98. The molecule has 318 valence electrons. The van der Waals surface area contributed by atoms with E-state index in [4.69, 9.17) is 16.4 Å². The second-order valence-electron chi connectivity index (χ2n) is 15.8. The Kier molecular flexibility index (Phi) is 17.7. The summed E-state index contributed by atoms with van der Waals surface area (Å²) < 4.78 is 70.3. The lowest BCUT2D eigenvalue weighted by atomic mass is 10.0. The molecule has 2 N–H and O–H groups in total. The lowest BCUT2D eigenvalue weighted by Gasteiger charge is -2.18. The normalized spacial score (nSPS) is 11.7. The predicted octanol–water partition coefficient (Wildman–Crippen LogP) is 8.85. The summed E-state index contributed by atoms with van der Waals surface area (Å²) in [6, 6.07) is 18.9. The van der Waals surface area contributed by atoms with Gasteiger partial charge in [0.1, 0.15) is 0 Å². The molecule has 0 aliphatic heterocycles. The number of rotatable bonds is 8. The third-order valence-corrected chi connectivity index (χ3v) is 12.8. The molecular weight excluding hydrogens is 836 g/mol. The van der Waals surface area contributed by atoms with Crippen LogP contribution in [-0.2, 0) is 28.7 Å². The van der Waals surface area contributed by atoms with E-state index in [9.17, 15) is 55.6 Å². The summed E-state index contributed by atoms with van der Waals surface area (Å²) in [5.74, 6) is 0.0868. The van der Waals surface area contributed by atoms with E-state index in [2.05, 4.69) is 0 Å². The Morgan fingerprint density at radius 3 is 1.19 bits per heavy atom. The summed E-state index contributed by atoms with van der Waals surface area (Å²) in [5, 5.41) is 31.3. The quantitative estimate of drug-likeness (QED) is 0.0751. The molecule has 4 aromatic carbocycles. The van der Waals surface area contributed by atoms with Crippen molar-refractivity contribution in [3.63, 3.8) is 0 Å². The highest BCUT2D eigenvalue weighted by molar-refractivity contribution is 8.13. The Balaban J connectivity index is 0.000000394. The molecule has 0 aliphatic carbocycles. The highest BCUT2D eigenvalue weighted by atomic mass is 35.7. The number of benzene rings is 4. The van der Waals surface area contributed by atoms with Gasteiger partial charge in [0.25, 0.3) is 26.1 Å². The van der Waals surface area contributed by atoms with E-state index in [-0.39, 0.29) is 43.8 Å². The number of aryl methyl sites for hydroxylation is 4. The van der Waals surface area contributed by atoms with Crippen LogP contribution in [0.5, 0.6) is 0 Å². The van der Waals surface area contributed by atoms with Gasteiger partial charge in [0.2, 0.25) is 0 Å². The molecule has 4 aromatic rings. The number of nitro groups is 3. The van der Waals surface area contributed by atoms with Gasteiger partial charge in [0, 0.05) is 52.8 Å².